The normalized spacial score (nSPS) is 17.0. The maximum Gasteiger partial charge on any atom is 0.404 e. The third-order valence-corrected chi connectivity index (χ3v) is 2.68. The lowest BCUT2D eigenvalue weighted by atomic mass is 9.68. The van der Waals surface area contributed by atoms with Gasteiger partial charge in [-0.1, -0.05) is 6.42 Å². The summed E-state index contributed by atoms with van der Waals surface area (Å²) < 4.78 is 4.39. The van der Waals surface area contributed by atoms with Crippen LogP contribution in [-0.2, 0) is 14.3 Å². The van der Waals surface area contributed by atoms with Gasteiger partial charge in [0.05, 0.1) is 6.54 Å². The van der Waals surface area contributed by atoms with Gasteiger partial charge in [0.1, 0.15) is 12.0 Å². The summed E-state index contributed by atoms with van der Waals surface area (Å²) in [6.45, 7) is 0.00752. The van der Waals surface area contributed by atoms with Gasteiger partial charge in [0, 0.05) is 0 Å². The van der Waals surface area contributed by atoms with Crippen molar-refractivity contribution >= 4 is 18.0 Å². The van der Waals surface area contributed by atoms with E-state index >= 15 is 0 Å². The minimum absolute atomic E-state index is 0.0588. The Labute approximate surface area is 91.9 Å². The molecule has 0 unspecified atom stereocenters. The molecular weight excluding hydrogens is 216 g/mol. The molecule has 16 heavy (non-hydrogen) atoms. The van der Waals surface area contributed by atoms with Crippen LogP contribution in [0.4, 0.5) is 4.79 Å². The van der Waals surface area contributed by atoms with Gasteiger partial charge < -0.3 is 20.9 Å². The second-order valence-electron chi connectivity index (χ2n) is 3.66. The van der Waals surface area contributed by atoms with E-state index in [1.165, 1.54) is 0 Å². The van der Waals surface area contributed by atoms with Crippen LogP contribution >= 0.6 is 0 Å². The third kappa shape index (κ3) is 2.41. The maximum atomic E-state index is 11.6. The van der Waals surface area contributed by atoms with Gasteiger partial charge in [-0.3, -0.25) is 9.59 Å². The number of amides is 2. The number of carbonyl (C=O) groups is 3. The molecule has 0 aromatic heterocycles. The molecule has 0 aromatic carbocycles. The van der Waals surface area contributed by atoms with E-state index in [-0.39, 0.29) is 13.2 Å². The van der Waals surface area contributed by atoms with E-state index in [1.807, 2.05) is 0 Å². The standard InChI is InChI=1S/C9H14N2O5/c10-8(15)16-5-4-11-6(12)9(7(13)14)2-1-3-9/h1-5H2,(H2,10,15)(H,11,12)(H,13,14). The monoisotopic (exact) mass is 230 g/mol. The van der Waals surface area contributed by atoms with E-state index in [4.69, 9.17) is 10.8 Å². The zero-order chi connectivity index (χ0) is 12.2. The van der Waals surface area contributed by atoms with Gasteiger partial charge in [-0.05, 0) is 12.8 Å². The number of hydrogen-bond acceptors (Lipinski definition) is 4. The molecule has 0 atom stereocenters. The Morgan fingerprint density at radius 2 is 2.00 bits per heavy atom. The van der Waals surface area contributed by atoms with Gasteiger partial charge in [-0.25, -0.2) is 4.79 Å². The minimum atomic E-state index is -1.28. The zero-order valence-corrected chi connectivity index (χ0v) is 8.69. The summed E-state index contributed by atoms with van der Waals surface area (Å²) >= 11 is 0. The highest BCUT2D eigenvalue weighted by atomic mass is 16.5. The first-order valence-electron chi connectivity index (χ1n) is 4.93. The van der Waals surface area contributed by atoms with E-state index in [2.05, 4.69) is 10.1 Å². The molecule has 0 spiro atoms. The van der Waals surface area contributed by atoms with Crippen LogP contribution in [0.5, 0.6) is 0 Å². The van der Waals surface area contributed by atoms with Crippen LogP contribution in [0.3, 0.4) is 0 Å². The zero-order valence-electron chi connectivity index (χ0n) is 8.69. The molecule has 1 aliphatic carbocycles. The minimum Gasteiger partial charge on any atom is -0.480 e. The van der Waals surface area contributed by atoms with E-state index in [0.29, 0.717) is 12.8 Å². The fourth-order valence-electron chi connectivity index (χ4n) is 1.55. The quantitative estimate of drug-likeness (QED) is 0.432. The fourth-order valence-corrected chi connectivity index (χ4v) is 1.55. The Morgan fingerprint density at radius 1 is 1.38 bits per heavy atom. The first-order valence-corrected chi connectivity index (χ1v) is 4.93. The molecule has 7 nitrogen and oxygen atoms in total. The van der Waals surface area contributed by atoms with Gasteiger partial charge in [0.25, 0.3) is 0 Å². The Hall–Kier alpha value is -1.79. The van der Waals surface area contributed by atoms with Crippen molar-refractivity contribution in [2.45, 2.75) is 19.3 Å². The number of primary amides is 1. The Morgan fingerprint density at radius 3 is 2.38 bits per heavy atom. The summed E-state index contributed by atoms with van der Waals surface area (Å²) in [4.78, 5) is 32.7. The third-order valence-electron chi connectivity index (χ3n) is 2.68. The lowest BCUT2D eigenvalue weighted by Gasteiger charge is -2.35. The lowest BCUT2D eigenvalue weighted by Crippen LogP contribution is -2.51. The van der Waals surface area contributed by atoms with Crippen molar-refractivity contribution in [2.75, 3.05) is 13.2 Å². The first kappa shape index (κ1) is 12.3. The lowest BCUT2D eigenvalue weighted by molar-refractivity contribution is -0.162. The molecule has 0 saturated heterocycles. The number of carboxylic acids is 1. The molecule has 0 heterocycles. The topological polar surface area (TPSA) is 119 Å². The molecule has 1 rings (SSSR count). The first-order chi connectivity index (χ1) is 7.49. The van der Waals surface area contributed by atoms with Crippen molar-refractivity contribution in [3.63, 3.8) is 0 Å². The highest BCUT2D eigenvalue weighted by Crippen LogP contribution is 2.41. The van der Waals surface area contributed by atoms with E-state index in [9.17, 15) is 14.4 Å². The summed E-state index contributed by atoms with van der Waals surface area (Å²) in [5.41, 5.74) is 3.43. The number of nitrogens with one attached hydrogen (secondary N) is 1. The van der Waals surface area contributed by atoms with Crippen LogP contribution in [0, 0.1) is 5.41 Å². The van der Waals surface area contributed by atoms with Crippen molar-refractivity contribution < 1.29 is 24.2 Å². The highest BCUT2D eigenvalue weighted by molar-refractivity contribution is 6.02. The highest BCUT2D eigenvalue weighted by Gasteiger charge is 2.50. The molecule has 0 radical (unpaired) electrons. The van der Waals surface area contributed by atoms with Gasteiger partial charge in [0.2, 0.25) is 5.91 Å². The average Bonchev–Trinajstić information content (AvgIpc) is 2.09. The number of ether oxygens (including phenoxy) is 1. The molecule has 0 bridgehead atoms. The van der Waals surface area contributed by atoms with Crippen molar-refractivity contribution in [2.24, 2.45) is 11.1 Å². The molecule has 2 amide bonds. The average molecular weight is 230 g/mol. The predicted molar refractivity (Wildman–Crippen MR) is 52.5 cm³/mol. The predicted octanol–water partition coefficient (Wildman–Crippen LogP) is -0.547. The summed E-state index contributed by atoms with van der Waals surface area (Å²) in [5, 5.41) is 11.3. The van der Waals surface area contributed by atoms with E-state index in [0.717, 1.165) is 6.42 Å². The molecule has 0 aliphatic heterocycles. The number of aliphatic carboxylic acids is 1. The number of hydrogen-bond donors (Lipinski definition) is 3. The summed E-state index contributed by atoms with van der Waals surface area (Å²) in [6, 6.07) is 0. The van der Waals surface area contributed by atoms with Crippen LogP contribution in [0.15, 0.2) is 0 Å². The fraction of sp³-hybridized carbons (Fsp3) is 0.667. The molecule has 0 aromatic rings. The number of rotatable bonds is 5. The van der Waals surface area contributed by atoms with Gasteiger partial charge >= 0.3 is 12.1 Å². The molecule has 7 heteroatoms. The Bertz CT molecular complexity index is 311. The second-order valence-corrected chi connectivity index (χ2v) is 3.66. The number of carboxylic acid groups (broad SMARTS) is 1. The van der Waals surface area contributed by atoms with Crippen molar-refractivity contribution in [1.82, 2.24) is 5.32 Å². The van der Waals surface area contributed by atoms with Crippen molar-refractivity contribution in [3.05, 3.63) is 0 Å². The summed E-state index contributed by atoms with van der Waals surface area (Å²) in [6.07, 6.45) is 0.513. The van der Waals surface area contributed by atoms with Crippen LogP contribution in [-0.4, -0.2) is 36.2 Å². The largest absolute Gasteiger partial charge is 0.480 e. The molecule has 4 N–H and O–H groups in total. The molecular formula is C9H14N2O5. The Balaban J connectivity index is 2.34. The van der Waals surface area contributed by atoms with Gasteiger partial charge in [0.15, 0.2) is 0 Å². The molecule has 1 aliphatic rings. The molecule has 90 valence electrons. The van der Waals surface area contributed by atoms with E-state index < -0.39 is 23.4 Å². The molecule has 1 fully saturated rings. The van der Waals surface area contributed by atoms with Crippen LogP contribution in [0.25, 0.3) is 0 Å². The van der Waals surface area contributed by atoms with Gasteiger partial charge in [-0.2, -0.15) is 0 Å². The van der Waals surface area contributed by atoms with Crippen LogP contribution in [0.1, 0.15) is 19.3 Å². The van der Waals surface area contributed by atoms with Gasteiger partial charge in [-0.15, -0.1) is 0 Å². The summed E-state index contributed by atoms with van der Waals surface area (Å²) in [5.74, 6) is -1.63. The smallest absolute Gasteiger partial charge is 0.404 e. The van der Waals surface area contributed by atoms with Crippen molar-refractivity contribution in [1.29, 1.82) is 0 Å². The molecule has 1 saturated carbocycles. The number of nitrogens with two attached hydrogens (primary N) is 1. The number of carbonyl (C=O) groups excluding carboxylic acids is 2. The second kappa shape index (κ2) is 4.82. The summed E-state index contributed by atoms with van der Waals surface area (Å²) in [7, 11) is 0. The van der Waals surface area contributed by atoms with Crippen LogP contribution < -0.4 is 11.1 Å². The van der Waals surface area contributed by atoms with Crippen LogP contribution in [0.2, 0.25) is 0 Å². The van der Waals surface area contributed by atoms with Crippen molar-refractivity contribution in [3.8, 4) is 0 Å². The van der Waals surface area contributed by atoms with E-state index in [1.54, 1.807) is 0 Å². The Kier molecular flexibility index (Phi) is 3.70. The maximum absolute atomic E-state index is 11.6. The SMILES string of the molecule is NC(=O)OCCNC(=O)C1(C(=O)O)CCC1.